The topological polar surface area (TPSA) is 229 Å². The predicted molar refractivity (Wildman–Crippen MR) is 436 cm³/mol. The molecule has 0 fully saturated rings. The summed E-state index contributed by atoms with van der Waals surface area (Å²) in [5.41, 5.74) is 1.00. The molecule has 0 aliphatic rings. The van der Waals surface area contributed by atoms with Crippen molar-refractivity contribution in [2.24, 2.45) is 71.0 Å². The average molecular weight is 1470 g/mol. The lowest BCUT2D eigenvalue weighted by Gasteiger charge is -2.21. The van der Waals surface area contributed by atoms with Crippen LogP contribution in [0.1, 0.15) is 298 Å². The lowest BCUT2D eigenvalue weighted by Crippen LogP contribution is -2.32. The number of hydrogen-bond donors (Lipinski definition) is 6. The Morgan fingerprint density at radius 2 is 0.552 bits per heavy atom. The number of hydrogen-bond acceptors (Lipinski definition) is 12. The second-order valence-electron chi connectivity index (χ2n) is 33.8. The number of anilines is 2. The molecule has 105 heavy (non-hydrogen) atoms. The lowest BCUT2D eigenvalue weighted by atomic mass is 9.97. The number of benzene rings is 2. The lowest BCUT2D eigenvalue weighted by molar-refractivity contribution is 0.216. The van der Waals surface area contributed by atoms with Crippen LogP contribution >= 0.6 is 0 Å². The number of carbonyl (C=O) groups excluding carboxylic acids is 2. The zero-order chi connectivity index (χ0) is 77.1. The van der Waals surface area contributed by atoms with Crippen molar-refractivity contribution in [2.45, 2.75) is 298 Å². The summed E-state index contributed by atoms with van der Waals surface area (Å²) in [6.45, 7) is 44.6. The van der Waals surface area contributed by atoms with E-state index in [1.165, 1.54) is 89.2 Å². The summed E-state index contributed by atoms with van der Waals surface area (Å²) in [7, 11) is 0. The number of amides is 4. The van der Waals surface area contributed by atoms with Gasteiger partial charge in [-0.1, -0.05) is 240 Å². The summed E-state index contributed by atoms with van der Waals surface area (Å²) < 4.78 is 40.1. The van der Waals surface area contributed by atoms with E-state index in [2.05, 4.69) is 156 Å². The van der Waals surface area contributed by atoms with Gasteiger partial charge in [0.05, 0.1) is 51.0 Å². The number of ether oxygens (including phenoxy) is 6. The number of nitrogens with one attached hydrogen (secondary N) is 6. The summed E-state index contributed by atoms with van der Waals surface area (Å²) in [6.07, 6.45) is 28.3. The Bertz CT molecular complexity index is 2840. The van der Waals surface area contributed by atoms with Gasteiger partial charge in [-0.05, 0) is 153 Å². The van der Waals surface area contributed by atoms with E-state index in [-0.39, 0.29) is 11.9 Å². The minimum Gasteiger partial charge on any atom is -0.490 e. The number of rotatable bonds is 58. The SMILES string of the molecule is CC(C)CCC[C@H](C)CCOc1cc(-c2cc(=O)[nH]c(NC(=O)NCCCCCNC(=O)Nc3nc(-c4cc(OCC[C@@H](C)CCCC(C)C)c(OCC[C@@H](C)CCCC(C)C)c(OCC[C@@H](C)CCCC(C)C)c4)cc(=O)[nH]3)n2)cc(OCC[C@@H](C)CCCC(C)C)c1OCC[C@@H](C)CCCC(C)C. The van der Waals surface area contributed by atoms with Crippen LogP contribution in [0.3, 0.4) is 0 Å². The normalized spacial score (nSPS) is 13.5. The molecule has 4 aromatic rings. The molecular weight excluding hydrogens is 1320 g/mol. The van der Waals surface area contributed by atoms with E-state index in [9.17, 15) is 19.2 Å². The molecule has 6 N–H and O–H groups in total. The van der Waals surface area contributed by atoms with Gasteiger partial charge < -0.3 is 39.1 Å². The van der Waals surface area contributed by atoms with Gasteiger partial charge in [-0.3, -0.25) is 30.2 Å². The molecule has 6 atom stereocenters. The molecule has 0 saturated carbocycles. The van der Waals surface area contributed by atoms with E-state index >= 15 is 0 Å². The van der Waals surface area contributed by atoms with Crippen molar-refractivity contribution in [1.82, 2.24) is 30.6 Å². The predicted octanol–water partition coefficient (Wildman–Crippen LogP) is 22.7. The van der Waals surface area contributed by atoms with E-state index in [0.717, 1.165) is 77.0 Å². The fourth-order valence-electron chi connectivity index (χ4n) is 12.9. The van der Waals surface area contributed by atoms with E-state index in [0.29, 0.717) is 200 Å². The molecule has 0 aliphatic heterocycles. The maximum atomic E-state index is 13.4. The Kier molecular flexibility index (Phi) is 44.8. The monoisotopic (exact) mass is 1470 g/mol. The molecule has 2 aromatic carbocycles. The Morgan fingerprint density at radius 1 is 0.314 bits per heavy atom. The Balaban J connectivity index is 1.46. The Morgan fingerprint density at radius 3 is 0.790 bits per heavy atom. The van der Waals surface area contributed by atoms with Gasteiger partial charge in [0.25, 0.3) is 11.1 Å². The van der Waals surface area contributed by atoms with Crippen molar-refractivity contribution in [3.05, 3.63) is 57.1 Å². The van der Waals surface area contributed by atoms with Crippen LogP contribution in [0.25, 0.3) is 22.5 Å². The summed E-state index contributed by atoms with van der Waals surface area (Å²) in [4.78, 5) is 68.5. The average Bonchev–Trinajstić information content (AvgIpc) is 0.805. The fourth-order valence-corrected chi connectivity index (χ4v) is 12.9. The van der Waals surface area contributed by atoms with Crippen molar-refractivity contribution in [1.29, 1.82) is 0 Å². The van der Waals surface area contributed by atoms with E-state index in [4.69, 9.17) is 38.4 Å². The van der Waals surface area contributed by atoms with Crippen molar-refractivity contribution < 1.29 is 38.0 Å². The standard InChI is InChI=1S/C87H148N8O10/c1-60(2)28-22-34-66(13)40-48-100-76-54-72(55-77(101-49-41-67(14)35-23-29-61(3)4)82(76)104-52-44-70(17)38-26-32-64(9)10)74-58-80(96)92-84(90-74)94-86(98)88-46-20-19-21-47-89-87(99)95-85-91-75(59-81(97)93-85)73-56-78(102-50-42-68(15)36-24-30-62(5)6)83(105-53-45-71(18)39-27-33-65(11)12)79(57-73)103-51-43-69(16)37-25-31-63(7)8/h54-71H,19-53H2,1-18H3,(H3,88,90,92,94,96,98)(H3,89,91,93,95,97,99)/t66-,67-,68-,69-,70-,71-/m0/s1. The molecule has 0 radical (unpaired) electrons. The number of aromatic nitrogens is 4. The van der Waals surface area contributed by atoms with Crippen LogP contribution in [-0.2, 0) is 0 Å². The summed E-state index contributed by atoms with van der Waals surface area (Å²) in [5.74, 6) is 10.2. The number of carbonyl (C=O) groups is 2. The first-order valence-corrected chi connectivity index (χ1v) is 41.6. The number of aromatic amines is 2. The third kappa shape index (κ3) is 40.9. The highest BCUT2D eigenvalue weighted by Crippen LogP contribution is 2.44. The van der Waals surface area contributed by atoms with E-state index in [1.54, 1.807) is 0 Å². The summed E-state index contributed by atoms with van der Waals surface area (Å²) in [5, 5.41) is 11.2. The fraction of sp³-hybridized carbons (Fsp3) is 0.747. The molecule has 4 rings (SSSR count). The highest BCUT2D eigenvalue weighted by Gasteiger charge is 2.23. The quantitative estimate of drug-likeness (QED) is 0.0227. The molecule has 18 nitrogen and oxygen atoms in total. The third-order valence-electron chi connectivity index (χ3n) is 20.1. The smallest absolute Gasteiger partial charge is 0.321 e. The van der Waals surface area contributed by atoms with Crippen LogP contribution in [0, 0.1) is 71.0 Å². The minimum atomic E-state index is -0.531. The molecule has 2 heterocycles. The van der Waals surface area contributed by atoms with Crippen molar-refractivity contribution in [2.75, 3.05) is 63.4 Å². The van der Waals surface area contributed by atoms with Crippen molar-refractivity contribution >= 4 is 24.0 Å². The van der Waals surface area contributed by atoms with E-state index < -0.39 is 23.2 Å². The van der Waals surface area contributed by atoms with Crippen molar-refractivity contribution in [3.63, 3.8) is 0 Å². The molecule has 18 heteroatoms. The highest BCUT2D eigenvalue weighted by molar-refractivity contribution is 5.88. The molecule has 4 amide bonds. The number of unbranched alkanes of at least 4 members (excludes halogenated alkanes) is 2. The first-order chi connectivity index (χ1) is 50.1. The van der Waals surface area contributed by atoms with Crippen LogP contribution < -0.4 is 60.8 Å². The number of H-pyrrole nitrogens is 2. The second kappa shape index (κ2) is 51.7. The summed E-state index contributed by atoms with van der Waals surface area (Å²) in [6, 6.07) is 9.30. The van der Waals surface area contributed by atoms with Gasteiger partial charge in [0.1, 0.15) is 0 Å². The van der Waals surface area contributed by atoms with Crippen LogP contribution in [0.15, 0.2) is 46.0 Å². The van der Waals surface area contributed by atoms with Gasteiger partial charge in [-0.15, -0.1) is 0 Å². The molecule has 0 bridgehead atoms. The summed E-state index contributed by atoms with van der Waals surface area (Å²) >= 11 is 0. The zero-order valence-corrected chi connectivity index (χ0v) is 69.1. The highest BCUT2D eigenvalue weighted by atomic mass is 16.5. The largest absolute Gasteiger partial charge is 0.490 e. The molecule has 0 spiro atoms. The van der Waals surface area contributed by atoms with Gasteiger partial charge in [0.15, 0.2) is 23.0 Å². The minimum absolute atomic E-state index is 0.0103. The third-order valence-corrected chi connectivity index (χ3v) is 20.1. The van der Waals surface area contributed by atoms with Gasteiger partial charge in [-0.25, -0.2) is 19.6 Å². The van der Waals surface area contributed by atoms with Crippen molar-refractivity contribution in [3.8, 4) is 57.0 Å². The van der Waals surface area contributed by atoms with Crippen LogP contribution in [0.2, 0.25) is 0 Å². The van der Waals surface area contributed by atoms with Gasteiger partial charge in [0.2, 0.25) is 23.4 Å². The second-order valence-corrected chi connectivity index (χ2v) is 33.8. The maximum Gasteiger partial charge on any atom is 0.321 e. The van der Waals surface area contributed by atoms with Crippen LogP contribution in [0.4, 0.5) is 21.5 Å². The van der Waals surface area contributed by atoms with Crippen LogP contribution in [-0.4, -0.2) is 84.7 Å². The first kappa shape index (κ1) is 90.9. The Labute approximate surface area is 635 Å². The van der Waals surface area contributed by atoms with E-state index in [1.807, 2.05) is 24.3 Å². The molecule has 596 valence electrons. The maximum absolute atomic E-state index is 13.4. The Hall–Kier alpha value is -6.46. The zero-order valence-electron chi connectivity index (χ0n) is 69.1. The van der Waals surface area contributed by atoms with Gasteiger partial charge in [-0.2, -0.15) is 0 Å². The van der Waals surface area contributed by atoms with Gasteiger partial charge >= 0.3 is 12.1 Å². The van der Waals surface area contributed by atoms with Crippen LogP contribution in [0.5, 0.6) is 34.5 Å². The molecule has 0 aliphatic carbocycles. The molecule has 0 saturated heterocycles. The number of nitrogens with zero attached hydrogens (tertiary/aromatic N) is 2. The first-order valence-electron chi connectivity index (χ1n) is 41.6. The number of urea groups is 2. The van der Waals surface area contributed by atoms with Gasteiger partial charge in [0, 0.05) is 36.3 Å². The molecular formula is C87H148N8O10. The molecule has 2 aromatic heterocycles. The molecule has 0 unspecified atom stereocenters.